The van der Waals surface area contributed by atoms with E-state index in [1.54, 1.807) is 12.1 Å². The van der Waals surface area contributed by atoms with E-state index in [4.69, 9.17) is 18.9 Å². The molecule has 9 heteroatoms. The summed E-state index contributed by atoms with van der Waals surface area (Å²) in [5.74, 6) is -3.74. The van der Waals surface area contributed by atoms with Crippen LogP contribution in [0.3, 0.4) is 0 Å². The van der Waals surface area contributed by atoms with Crippen LogP contribution in [0.15, 0.2) is 105 Å². The van der Waals surface area contributed by atoms with Crippen LogP contribution in [0.2, 0.25) is 0 Å². The summed E-state index contributed by atoms with van der Waals surface area (Å²) in [4.78, 5) is 46.9. The molecule has 1 atom stereocenters. The molecule has 1 unspecified atom stereocenters. The van der Waals surface area contributed by atoms with Crippen LogP contribution in [-0.2, 0) is 28.7 Å². The molecule has 0 fully saturated rings. The van der Waals surface area contributed by atoms with Gasteiger partial charge in [-0.25, -0.2) is 23.6 Å². The fourth-order valence-corrected chi connectivity index (χ4v) is 3.51. The number of carbonyl (C=O) groups is 4. The number of halogens is 1. The molecule has 0 N–H and O–H groups in total. The van der Waals surface area contributed by atoms with E-state index in [1.165, 1.54) is 36.4 Å². The van der Waals surface area contributed by atoms with Crippen LogP contribution in [0.5, 0.6) is 11.5 Å². The Morgan fingerprint density at radius 1 is 0.718 bits per heavy atom. The number of carbonyl (C=O) groups excluding carboxylic acids is 4. The lowest BCUT2D eigenvalue weighted by Gasteiger charge is -2.24. The molecular weight excluding hydrogens is 507 g/mol. The van der Waals surface area contributed by atoms with Gasteiger partial charge in [-0.2, -0.15) is 0 Å². The van der Waals surface area contributed by atoms with Gasteiger partial charge in [0.25, 0.3) is 0 Å². The second kappa shape index (κ2) is 12.8. The highest BCUT2D eigenvalue weighted by Gasteiger charge is 2.27. The van der Waals surface area contributed by atoms with Gasteiger partial charge in [0, 0.05) is 36.3 Å². The molecule has 0 spiro atoms. The highest BCUT2D eigenvalue weighted by Crippen LogP contribution is 2.36. The quantitative estimate of drug-likeness (QED) is 0.235. The topological polar surface area (TPSA) is 105 Å². The number of allylic oxidation sites excluding steroid dienone is 2. The number of esters is 4. The lowest BCUT2D eigenvalue weighted by atomic mass is 9.92. The van der Waals surface area contributed by atoms with Crippen molar-refractivity contribution in [1.82, 2.24) is 0 Å². The Bertz CT molecular complexity index is 1450. The minimum atomic E-state index is -0.949. The zero-order valence-electron chi connectivity index (χ0n) is 20.7. The van der Waals surface area contributed by atoms with Crippen molar-refractivity contribution in [2.45, 2.75) is 12.5 Å². The fraction of sp³-hybridized carbons (Fsp3) is 0.0667. The third kappa shape index (κ3) is 7.14. The van der Waals surface area contributed by atoms with Gasteiger partial charge in [0.2, 0.25) is 0 Å². The van der Waals surface area contributed by atoms with Gasteiger partial charge >= 0.3 is 23.9 Å². The Hall–Kier alpha value is -5.31. The monoisotopic (exact) mass is 530 g/mol. The highest BCUT2D eigenvalue weighted by molar-refractivity contribution is 5.87. The van der Waals surface area contributed by atoms with E-state index in [9.17, 15) is 19.2 Å². The zero-order chi connectivity index (χ0) is 28.5. The molecule has 39 heavy (non-hydrogen) atoms. The average molecular weight is 531 g/mol. The molecule has 0 bridgehead atoms. The molecule has 0 heterocycles. The largest absolute Gasteiger partial charge is 0.451 e. The van der Waals surface area contributed by atoms with E-state index >= 15 is 4.39 Å². The summed E-state index contributed by atoms with van der Waals surface area (Å²) in [5.41, 5.74) is 1.58. The maximum Gasteiger partial charge on any atom is 0.335 e. The molecular formula is C30H23FO8. The lowest BCUT2D eigenvalue weighted by Crippen LogP contribution is -2.24. The van der Waals surface area contributed by atoms with E-state index in [0.29, 0.717) is 16.7 Å². The van der Waals surface area contributed by atoms with E-state index in [2.05, 4.69) is 26.3 Å². The SMILES string of the molecule is C=CC(=O)OC1=CC=C(c2ccc(-c3ccc(OC(=O)C=C)c(OC(=O)C=C)c3)c(F)c2)CC1OC(=O)C=C. The second-order valence-corrected chi connectivity index (χ2v) is 7.83. The molecule has 0 saturated heterocycles. The van der Waals surface area contributed by atoms with Crippen LogP contribution in [0.1, 0.15) is 12.0 Å². The van der Waals surface area contributed by atoms with E-state index in [0.717, 1.165) is 24.3 Å². The van der Waals surface area contributed by atoms with Crippen molar-refractivity contribution in [3.63, 3.8) is 0 Å². The Kier molecular flexibility index (Phi) is 9.26. The van der Waals surface area contributed by atoms with Crippen LogP contribution in [-0.4, -0.2) is 30.0 Å². The maximum absolute atomic E-state index is 15.3. The van der Waals surface area contributed by atoms with Crippen LogP contribution in [0.4, 0.5) is 4.39 Å². The molecule has 1 aliphatic rings. The molecule has 0 radical (unpaired) electrons. The van der Waals surface area contributed by atoms with Crippen LogP contribution < -0.4 is 9.47 Å². The van der Waals surface area contributed by atoms with Gasteiger partial charge in [-0.1, -0.05) is 50.6 Å². The summed E-state index contributed by atoms with van der Waals surface area (Å²) < 4.78 is 36.1. The first-order valence-electron chi connectivity index (χ1n) is 11.4. The number of ether oxygens (including phenoxy) is 4. The molecule has 0 saturated carbocycles. The first-order valence-corrected chi connectivity index (χ1v) is 11.4. The number of hydrogen-bond donors (Lipinski definition) is 0. The van der Waals surface area contributed by atoms with Crippen LogP contribution in [0, 0.1) is 5.82 Å². The van der Waals surface area contributed by atoms with Crippen molar-refractivity contribution in [2.75, 3.05) is 0 Å². The summed E-state index contributed by atoms with van der Waals surface area (Å²) in [6, 6.07) is 8.63. The summed E-state index contributed by atoms with van der Waals surface area (Å²) in [6.45, 7) is 13.4. The first kappa shape index (κ1) is 28.3. The summed E-state index contributed by atoms with van der Waals surface area (Å²) in [7, 11) is 0. The van der Waals surface area contributed by atoms with Crippen molar-refractivity contribution in [2.24, 2.45) is 0 Å². The molecule has 0 aromatic heterocycles. The third-order valence-corrected chi connectivity index (χ3v) is 5.33. The normalized spacial score (nSPS) is 14.0. The Morgan fingerprint density at radius 3 is 1.92 bits per heavy atom. The molecule has 2 aromatic carbocycles. The number of rotatable bonds is 10. The Balaban J connectivity index is 1.95. The van der Waals surface area contributed by atoms with Gasteiger partial charge in [0.15, 0.2) is 17.6 Å². The Labute approximate surface area is 223 Å². The maximum atomic E-state index is 15.3. The molecule has 0 aliphatic heterocycles. The number of benzene rings is 2. The van der Waals surface area contributed by atoms with Gasteiger partial charge in [0.1, 0.15) is 11.6 Å². The van der Waals surface area contributed by atoms with Gasteiger partial charge < -0.3 is 18.9 Å². The van der Waals surface area contributed by atoms with Gasteiger partial charge in [0.05, 0.1) is 0 Å². The fourth-order valence-electron chi connectivity index (χ4n) is 3.51. The van der Waals surface area contributed by atoms with Crippen LogP contribution >= 0.6 is 0 Å². The lowest BCUT2D eigenvalue weighted by molar-refractivity contribution is -0.146. The molecule has 8 nitrogen and oxygen atoms in total. The molecule has 3 rings (SSSR count). The van der Waals surface area contributed by atoms with Crippen molar-refractivity contribution >= 4 is 29.5 Å². The van der Waals surface area contributed by atoms with Gasteiger partial charge in [-0.3, -0.25) is 0 Å². The van der Waals surface area contributed by atoms with E-state index in [-0.39, 0.29) is 29.2 Å². The average Bonchev–Trinajstić information content (AvgIpc) is 2.94. The standard InChI is InChI=1S/C30H23FO8/c1-5-27(32)36-23-13-10-19(16-25(23)38-29(34)7-3)18-9-12-21(22(31)15-18)20-11-14-24(37-28(33)6-2)26(17-20)39-30(35)8-4/h5-15,17,25H,1-4,16H2. The van der Waals surface area contributed by atoms with Crippen molar-refractivity contribution < 1.29 is 42.5 Å². The van der Waals surface area contributed by atoms with E-state index < -0.39 is 35.8 Å². The van der Waals surface area contributed by atoms with Crippen molar-refractivity contribution in [1.29, 1.82) is 0 Å². The second-order valence-electron chi connectivity index (χ2n) is 7.83. The summed E-state index contributed by atoms with van der Waals surface area (Å²) >= 11 is 0. The first-order chi connectivity index (χ1) is 18.7. The van der Waals surface area contributed by atoms with Gasteiger partial charge in [-0.05, 0) is 41.0 Å². The highest BCUT2D eigenvalue weighted by atomic mass is 19.1. The third-order valence-electron chi connectivity index (χ3n) is 5.33. The van der Waals surface area contributed by atoms with E-state index in [1.807, 2.05) is 0 Å². The van der Waals surface area contributed by atoms with Gasteiger partial charge in [-0.15, -0.1) is 0 Å². The predicted octanol–water partition coefficient (Wildman–Crippen LogP) is 5.17. The summed E-state index contributed by atoms with van der Waals surface area (Å²) in [6.07, 6.45) is 6.04. The molecule has 2 aromatic rings. The predicted molar refractivity (Wildman–Crippen MR) is 141 cm³/mol. The smallest absolute Gasteiger partial charge is 0.335 e. The summed E-state index contributed by atoms with van der Waals surface area (Å²) in [5, 5.41) is 0. The van der Waals surface area contributed by atoms with Crippen LogP contribution in [0.25, 0.3) is 16.7 Å². The number of hydrogen-bond acceptors (Lipinski definition) is 8. The minimum absolute atomic E-state index is 0.0666. The molecule has 1 aliphatic carbocycles. The Morgan fingerprint density at radius 2 is 1.31 bits per heavy atom. The van der Waals surface area contributed by atoms with Crippen molar-refractivity contribution in [3.05, 3.63) is 116 Å². The van der Waals surface area contributed by atoms with Crippen molar-refractivity contribution in [3.8, 4) is 22.6 Å². The zero-order valence-corrected chi connectivity index (χ0v) is 20.7. The molecule has 0 amide bonds. The minimum Gasteiger partial charge on any atom is -0.451 e. The molecule has 198 valence electrons.